The van der Waals surface area contributed by atoms with Crippen molar-refractivity contribution >= 4 is 23.7 Å². The van der Waals surface area contributed by atoms with Gasteiger partial charge in [0.25, 0.3) is 5.69 Å². The highest BCUT2D eigenvalue weighted by atomic mass is 16.6. The number of carbonyl (C=O) groups excluding carboxylic acids is 1. The number of esters is 1. The summed E-state index contributed by atoms with van der Waals surface area (Å²) in [4.78, 5) is 44.5. The summed E-state index contributed by atoms with van der Waals surface area (Å²) < 4.78 is 5.08. The number of carbonyl (C=O) groups is 3. The third-order valence-electron chi connectivity index (χ3n) is 3.38. The molecule has 1 amide bonds. The van der Waals surface area contributed by atoms with Crippen molar-refractivity contribution in [3.05, 3.63) is 39.9 Å². The molecule has 1 saturated heterocycles. The highest BCUT2D eigenvalue weighted by molar-refractivity contribution is 5.90. The number of aliphatic carboxylic acids is 1. The van der Waals surface area contributed by atoms with Gasteiger partial charge in [0, 0.05) is 18.6 Å². The highest BCUT2D eigenvalue weighted by Gasteiger charge is 2.41. The first-order chi connectivity index (χ1) is 10.8. The normalized spacial score (nSPS) is 20.1. The van der Waals surface area contributed by atoms with Crippen molar-refractivity contribution in [3.8, 4) is 0 Å². The van der Waals surface area contributed by atoms with Crippen LogP contribution < -0.4 is 0 Å². The number of nitro benzene ring substituents is 1. The van der Waals surface area contributed by atoms with Crippen molar-refractivity contribution < 1.29 is 34.3 Å². The third-order valence-corrected chi connectivity index (χ3v) is 3.38. The number of carboxylic acid groups (broad SMARTS) is 2. The number of carboxylic acids is 1. The number of rotatable bonds is 4. The second kappa shape index (κ2) is 6.30. The minimum Gasteiger partial charge on any atom is -0.480 e. The molecule has 1 aromatic rings. The monoisotopic (exact) mass is 324 g/mol. The van der Waals surface area contributed by atoms with E-state index in [0.717, 1.165) is 12.1 Å². The molecule has 0 saturated carbocycles. The van der Waals surface area contributed by atoms with E-state index in [-0.39, 0.29) is 24.2 Å². The lowest BCUT2D eigenvalue weighted by Crippen LogP contribution is -2.39. The SMILES string of the molecule is O=C(O[C@H]1C[C@H](C(=O)O)N(C(=O)O)C1)c1ccc([N+](=O)[O-])cc1. The van der Waals surface area contributed by atoms with Crippen molar-refractivity contribution in [2.75, 3.05) is 6.54 Å². The van der Waals surface area contributed by atoms with Gasteiger partial charge in [-0.3, -0.25) is 15.0 Å². The van der Waals surface area contributed by atoms with E-state index < -0.39 is 35.1 Å². The van der Waals surface area contributed by atoms with Gasteiger partial charge in [0.1, 0.15) is 12.1 Å². The van der Waals surface area contributed by atoms with Gasteiger partial charge >= 0.3 is 18.0 Å². The van der Waals surface area contributed by atoms with Crippen LogP contribution in [0.2, 0.25) is 0 Å². The zero-order chi connectivity index (χ0) is 17.1. The minimum atomic E-state index is -1.41. The molecule has 1 aromatic carbocycles. The van der Waals surface area contributed by atoms with Crippen LogP contribution in [0, 0.1) is 10.1 Å². The van der Waals surface area contributed by atoms with E-state index in [1.807, 2.05) is 0 Å². The molecular weight excluding hydrogens is 312 g/mol. The van der Waals surface area contributed by atoms with Crippen LogP contribution in [0.4, 0.5) is 10.5 Å². The molecule has 1 aliphatic rings. The smallest absolute Gasteiger partial charge is 0.408 e. The number of amides is 1. The van der Waals surface area contributed by atoms with Crippen LogP contribution in [0.5, 0.6) is 0 Å². The van der Waals surface area contributed by atoms with Crippen LogP contribution in [0.15, 0.2) is 24.3 Å². The molecule has 0 unspecified atom stereocenters. The largest absolute Gasteiger partial charge is 0.480 e. The van der Waals surface area contributed by atoms with Gasteiger partial charge in [-0.05, 0) is 12.1 Å². The molecule has 0 aliphatic carbocycles. The van der Waals surface area contributed by atoms with Gasteiger partial charge in [-0.25, -0.2) is 14.4 Å². The summed E-state index contributed by atoms with van der Waals surface area (Å²) in [5.41, 5.74) is -0.137. The molecule has 1 fully saturated rings. The van der Waals surface area contributed by atoms with Gasteiger partial charge in [-0.1, -0.05) is 0 Å². The first-order valence-electron chi connectivity index (χ1n) is 6.47. The zero-order valence-corrected chi connectivity index (χ0v) is 11.6. The Morgan fingerprint density at radius 1 is 1.22 bits per heavy atom. The number of non-ortho nitro benzene ring substituents is 1. The number of likely N-dealkylation sites (tertiary alicyclic amines) is 1. The molecule has 10 heteroatoms. The fourth-order valence-corrected chi connectivity index (χ4v) is 2.27. The average molecular weight is 324 g/mol. The van der Waals surface area contributed by atoms with Crippen molar-refractivity contribution in [1.29, 1.82) is 0 Å². The van der Waals surface area contributed by atoms with Gasteiger partial charge in [-0.15, -0.1) is 0 Å². The number of nitrogens with zero attached hydrogens (tertiary/aromatic N) is 2. The topological polar surface area (TPSA) is 147 Å². The Bertz CT molecular complexity index is 634. The molecule has 0 radical (unpaired) electrons. The van der Waals surface area contributed by atoms with Crippen LogP contribution >= 0.6 is 0 Å². The highest BCUT2D eigenvalue weighted by Crippen LogP contribution is 2.22. The Morgan fingerprint density at radius 3 is 2.26 bits per heavy atom. The van der Waals surface area contributed by atoms with E-state index in [1.165, 1.54) is 12.1 Å². The van der Waals surface area contributed by atoms with Gasteiger partial charge in [-0.2, -0.15) is 0 Å². The lowest BCUT2D eigenvalue weighted by molar-refractivity contribution is -0.384. The summed E-state index contributed by atoms with van der Waals surface area (Å²) in [7, 11) is 0. The standard InChI is InChI=1S/C13H12N2O8/c16-11(17)10-5-9(6-14(10)13(19)20)23-12(18)7-1-3-8(4-2-7)15(21)22/h1-4,9-10H,5-6H2,(H,16,17)(H,19,20)/t9-,10+/m0/s1. The molecule has 2 N–H and O–H groups in total. The summed E-state index contributed by atoms with van der Waals surface area (Å²) in [6.45, 7) is -0.245. The molecule has 0 bridgehead atoms. The van der Waals surface area contributed by atoms with Crippen LogP contribution in [0.3, 0.4) is 0 Å². The van der Waals surface area contributed by atoms with E-state index in [0.29, 0.717) is 4.90 Å². The van der Waals surface area contributed by atoms with Gasteiger partial charge in [0.15, 0.2) is 0 Å². The Kier molecular flexibility index (Phi) is 4.44. The quantitative estimate of drug-likeness (QED) is 0.472. The number of nitro groups is 1. The number of hydrogen-bond donors (Lipinski definition) is 2. The van der Waals surface area contributed by atoms with Crippen molar-refractivity contribution in [2.24, 2.45) is 0 Å². The predicted octanol–water partition coefficient (Wildman–Crippen LogP) is 0.957. The fraction of sp³-hybridized carbons (Fsp3) is 0.308. The average Bonchev–Trinajstić information content (AvgIpc) is 2.91. The third kappa shape index (κ3) is 3.54. The Hall–Kier alpha value is -3.17. The van der Waals surface area contributed by atoms with E-state index >= 15 is 0 Å². The molecule has 122 valence electrons. The molecule has 2 rings (SSSR count). The van der Waals surface area contributed by atoms with Gasteiger partial charge < -0.3 is 14.9 Å². The van der Waals surface area contributed by atoms with Gasteiger partial charge in [0.2, 0.25) is 0 Å². The Balaban J connectivity index is 2.04. The molecule has 23 heavy (non-hydrogen) atoms. The van der Waals surface area contributed by atoms with Gasteiger partial charge in [0.05, 0.1) is 17.0 Å². The fourth-order valence-electron chi connectivity index (χ4n) is 2.27. The first-order valence-corrected chi connectivity index (χ1v) is 6.47. The summed E-state index contributed by atoms with van der Waals surface area (Å²) in [5.74, 6) is -2.12. The van der Waals surface area contributed by atoms with Crippen LogP contribution in [0.25, 0.3) is 0 Å². The maximum absolute atomic E-state index is 11.9. The van der Waals surface area contributed by atoms with E-state index in [4.69, 9.17) is 14.9 Å². The second-order valence-electron chi connectivity index (χ2n) is 4.86. The lowest BCUT2D eigenvalue weighted by atomic mass is 10.2. The molecule has 10 nitrogen and oxygen atoms in total. The van der Waals surface area contributed by atoms with Crippen LogP contribution in [0.1, 0.15) is 16.8 Å². The van der Waals surface area contributed by atoms with E-state index in [2.05, 4.69) is 0 Å². The summed E-state index contributed by atoms with van der Waals surface area (Å²) in [5, 5.41) is 28.5. The molecule has 1 heterocycles. The summed E-state index contributed by atoms with van der Waals surface area (Å²) in [6.07, 6.45) is -2.46. The van der Waals surface area contributed by atoms with Crippen molar-refractivity contribution in [1.82, 2.24) is 4.90 Å². The van der Waals surface area contributed by atoms with E-state index in [1.54, 1.807) is 0 Å². The Morgan fingerprint density at radius 2 is 1.83 bits per heavy atom. The molecule has 2 atom stereocenters. The second-order valence-corrected chi connectivity index (χ2v) is 4.86. The summed E-state index contributed by atoms with van der Waals surface area (Å²) >= 11 is 0. The minimum absolute atomic E-state index is 0.0521. The number of ether oxygens (including phenoxy) is 1. The first kappa shape index (κ1) is 16.2. The number of benzene rings is 1. The van der Waals surface area contributed by atoms with Crippen LogP contribution in [-0.2, 0) is 9.53 Å². The van der Waals surface area contributed by atoms with Crippen LogP contribution in [-0.4, -0.2) is 56.8 Å². The van der Waals surface area contributed by atoms with Crippen molar-refractivity contribution in [2.45, 2.75) is 18.6 Å². The molecule has 0 aromatic heterocycles. The molecule has 1 aliphatic heterocycles. The predicted molar refractivity (Wildman–Crippen MR) is 73.1 cm³/mol. The molecular formula is C13H12N2O8. The Labute approximate surface area is 129 Å². The van der Waals surface area contributed by atoms with Crippen molar-refractivity contribution in [3.63, 3.8) is 0 Å². The zero-order valence-electron chi connectivity index (χ0n) is 11.6. The maximum Gasteiger partial charge on any atom is 0.408 e. The maximum atomic E-state index is 11.9. The number of hydrogen-bond acceptors (Lipinski definition) is 6. The van der Waals surface area contributed by atoms with E-state index in [9.17, 15) is 24.5 Å². The lowest BCUT2D eigenvalue weighted by Gasteiger charge is -2.16. The summed E-state index contributed by atoms with van der Waals surface area (Å²) in [6, 6.07) is 3.41. The molecule has 0 spiro atoms.